The van der Waals surface area contributed by atoms with E-state index in [1.165, 1.54) is 28.0 Å². The number of alkyl halides is 5. The second-order valence-electron chi connectivity index (χ2n) is 9.37. The van der Waals surface area contributed by atoms with Crippen molar-refractivity contribution in [2.24, 2.45) is 13.0 Å². The van der Waals surface area contributed by atoms with Crippen LogP contribution in [0.25, 0.3) is 22.3 Å². The number of nitrogens with one attached hydrogen (secondary N) is 1. The van der Waals surface area contributed by atoms with Crippen molar-refractivity contribution in [2.45, 2.75) is 37.4 Å². The summed E-state index contributed by atoms with van der Waals surface area (Å²) >= 11 is 0. The number of methoxy groups -OCH3 is 1. The van der Waals surface area contributed by atoms with E-state index in [9.17, 15) is 27.1 Å². The number of aryl methyl sites for hydroxylation is 1. The summed E-state index contributed by atoms with van der Waals surface area (Å²) in [6.07, 6.45) is -3.32. The van der Waals surface area contributed by atoms with Crippen LogP contribution in [-0.2, 0) is 24.6 Å². The largest absolute Gasteiger partial charge is 1.00 e. The molecule has 0 amide bonds. The number of aliphatic hydroxyl groups is 1. The topological polar surface area (TPSA) is 120 Å². The Morgan fingerprint density at radius 2 is 1.83 bits per heavy atom. The molecule has 42 heavy (non-hydrogen) atoms. The number of halogens is 5. The average Bonchev–Trinajstić information content (AvgIpc) is 3.68. The normalized spacial score (nSPS) is 14.9. The van der Waals surface area contributed by atoms with Crippen molar-refractivity contribution in [2.75, 3.05) is 14.2 Å². The van der Waals surface area contributed by atoms with Gasteiger partial charge >= 0.3 is 57.6 Å². The molecule has 16 heteroatoms. The molecule has 1 saturated carbocycles. The molecule has 0 aliphatic heterocycles. The fraction of sp³-hybridized carbons (Fsp3) is 0.385. The van der Waals surface area contributed by atoms with Gasteiger partial charge in [-0.05, 0) is 24.3 Å². The van der Waals surface area contributed by atoms with Crippen LogP contribution in [0.5, 0.6) is 5.88 Å². The zero-order valence-electron chi connectivity index (χ0n) is 23.2. The van der Waals surface area contributed by atoms with Crippen LogP contribution < -0.4 is 56.1 Å². The van der Waals surface area contributed by atoms with E-state index in [2.05, 4.69) is 20.3 Å². The third-order valence-electron chi connectivity index (χ3n) is 6.31. The summed E-state index contributed by atoms with van der Waals surface area (Å²) in [6.45, 7) is -0.193. The van der Waals surface area contributed by atoms with Crippen molar-refractivity contribution in [3.05, 3.63) is 70.3 Å². The zero-order chi connectivity index (χ0) is 30.1. The summed E-state index contributed by atoms with van der Waals surface area (Å²) in [5, 5.41) is 22.8. The first kappa shape index (κ1) is 34.5. The number of hydrogen-bond acceptors (Lipinski definition) is 7. The van der Waals surface area contributed by atoms with Gasteiger partial charge in [-0.15, -0.1) is 12.7 Å². The van der Waals surface area contributed by atoms with Crippen molar-refractivity contribution in [1.82, 2.24) is 19.5 Å². The maximum Gasteiger partial charge on any atom is 1.00 e. The molecule has 1 aliphatic rings. The van der Waals surface area contributed by atoms with Gasteiger partial charge in [-0.3, -0.25) is 5.41 Å². The Labute approximate surface area is 283 Å². The molecule has 2 atom stereocenters. The number of ether oxygens (including phenoxy) is 2. The molecule has 1 aromatic carbocycles. The Kier molecular flexibility index (Phi) is 11.3. The van der Waals surface area contributed by atoms with E-state index < -0.39 is 23.6 Å². The average molecular weight is 637 g/mol. The first-order valence-corrected chi connectivity index (χ1v) is 12.8. The van der Waals surface area contributed by atoms with Gasteiger partial charge in [0.2, 0.25) is 11.8 Å². The molecule has 4 rings (SSSR count). The van der Waals surface area contributed by atoms with Crippen LogP contribution >= 0.6 is 9.24 Å². The van der Waals surface area contributed by atoms with E-state index in [0.717, 1.165) is 25.2 Å². The quantitative estimate of drug-likeness (QED) is 0.116. The number of allylic oxidation sites excluding steroid dienone is 1. The molecular weight excluding hydrogens is 609 g/mol. The summed E-state index contributed by atoms with van der Waals surface area (Å²) in [7, 11) is 5.56. The van der Waals surface area contributed by atoms with Gasteiger partial charge in [-0.1, -0.05) is 33.5 Å². The van der Waals surface area contributed by atoms with Crippen molar-refractivity contribution in [1.29, 1.82) is 5.41 Å². The van der Waals surface area contributed by atoms with E-state index in [0.29, 0.717) is 16.8 Å². The van der Waals surface area contributed by atoms with Crippen LogP contribution in [0.1, 0.15) is 41.6 Å². The minimum absolute atomic E-state index is 0. The second-order valence-corrected chi connectivity index (χ2v) is 10.1. The minimum Gasteiger partial charge on any atom is -0.689 e. The number of hydrogen-bond donors (Lipinski definition) is 2. The molecule has 0 spiro atoms. The summed E-state index contributed by atoms with van der Waals surface area (Å²) in [6, 6.07) is 6.24. The van der Waals surface area contributed by atoms with Gasteiger partial charge < -0.3 is 24.5 Å². The summed E-state index contributed by atoms with van der Waals surface area (Å²) in [4.78, 5) is 12.1. The van der Waals surface area contributed by atoms with E-state index in [4.69, 9.17) is 14.9 Å². The number of benzene rings is 1. The van der Waals surface area contributed by atoms with Crippen LogP contribution in [0.15, 0.2) is 42.4 Å². The van der Waals surface area contributed by atoms with Crippen molar-refractivity contribution in [3.63, 3.8) is 0 Å². The minimum atomic E-state index is -4.59. The Bertz CT molecular complexity index is 1460. The van der Waals surface area contributed by atoms with Crippen molar-refractivity contribution >= 4 is 20.7 Å². The molecule has 2 heterocycles. The van der Waals surface area contributed by atoms with Crippen LogP contribution in [0, 0.1) is 11.3 Å². The molecule has 2 aromatic heterocycles. The maximum absolute atomic E-state index is 14.0. The summed E-state index contributed by atoms with van der Waals surface area (Å²) in [5.41, 5.74) is -3.38. The van der Waals surface area contributed by atoms with E-state index in [1.54, 1.807) is 31.3 Å². The van der Waals surface area contributed by atoms with Crippen LogP contribution in [0.4, 0.5) is 22.0 Å². The van der Waals surface area contributed by atoms with Gasteiger partial charge in [0.25, 0.3) is 5.66 Å². The van der Waals surface area contributed by atoms with Gasteiger partial charge in [0.05, 0.1) is 18.2 Å². The monoisotopic (exact) mass is 636 g/mol. The molecule has 1 aliphatic carbocycles. The number of aliphatic hydroxyl groups excluding tert-OH is 1. The van der Waals surface area contributed by atoms with Crippen LogP contribution in [0.2, 0.25) is 0 Å². The van der Waals surface area contributed by atoms with Gasteiger partial charge in [-0.25, -0.2) is 9.97 Å². The van der Waals surface area contributed by atoms with Gasteiger partial charge in [0.15, 0.2) is 17.6 Å². The molecule has 0 radical (unpaired) electrons. The summed E-state index contributed by atoms with van der Waals surface area (Å²) in [5.74, 6) is -0.490. The van der Waals surface area contributed by atoms with Crippen molar-refractivity contribution in [3.8, 4) is 17.3 Å². The fourth-order valence-electron chi connectivity index (χ4n) is 4.07. The molecule has 0 saturated heterocycles. The van der Waals surface area contributed by atoms with Gasteiger partial charge in [0.1, 0.15) is 12.4 Å². The van der Waals surface area contributed by atoms with Gasteiger partial charge in [-0.2, -0.15) is 26.9 Å². The first-order chi connectivity index (χ1) is 19.2. The Morgan fingerprint density at radius 1 is 1.19 bits per heavy atom. The van der Waals surface area contributed by atoms with Crippen LogP contribution in [-0.4, -0.2) is 50.3 Å². The Morgan fingerprint density at radius 3 is 2.33 bits per heavy atom. The molecule has 2 N–H and O–H groups in total. The maximum atomic E-state index is 14.0. The third kappa shape index (κ3) is 7.93. The summed E-state index contributed by atoms with van der Waals surface area (Å²) < 4.78 is 79.3. The molecule has 2 unspecified atom stereocenters. The fourth-order valence-corrected chi connectivity index (χ4v) is 4.25. The van der Waals surface area contributed by atoms with Gasteiger partial charge in [0, 0.05) is 25.0 Å². The zero-order valence-corrected chi connectivity index (χ0v) is 27.5. The Balaban J connectivity index is 0.00000484. The molecule has 1 fully saturated rings. The molecule has 9 nitrogen and oxygen atoms in total. The standard InChI is InChI=1S/C26H27F5N6O3P.K/c1-33-19(14-8-9-14)18(21(32)39-3)22-34-10-16(20(38)26(30,31)41)24(36-22)40-12-13-4-6-15(7-5-13)23-35-17(11-37(23)2)25(27,28)29;/h4-7,10-11,14,20,32,38H,8-9,12,41H2,1-3H3;/q-1;+1/b19-18+,32-21?;. The molecule has 3 aromatic rings. The van der Waals surface area contributed by atoms with Crippen LogP contribution in [0.3, 0.4) is 0 Å². The first-order valence-electron chi connectivity index (χ1n) is 12.3. The molecule has 220 valence electrons. The Hall–Kier alpha value is -2.00. The smallest absolute Gasteiger partial charge is 0.689 e. The number of nitrogens with zero attached hydrogens (tertiary/aromatic N) is 5. The SMILES string of the molecule is C[N-]/C(=C(\C(=N)OC)c1ncc(C(O)C(F)(F)P)c(OCc2ccc(-c3nc(C(F)(F)F)cn3C)cc2)n1)C1CC1.[K+]. The number of aromatic nitrogens is 4. The predicted molar refractivity (Wildman–Crippen MR) is 143 cm³/mol. The van der Waals surface area contributed by atoms with E-state index >= 15 is 0 Å². The predicted octanol–water partition coefficient (Wildman–Crippen LogP) is 2.73. The van der Waals surface area contributed by atoms with E-state index in [1.807, 2.05) is 0 Å². The number of imidazole rings is 1. The third-order valence-corrected chi connectivity index (χ3v) is 6.63. The molecule has 0 bridgehead atoms. The van der Waals surface area contributed by atoms with Crippen molar-refractivity contribution < 1.29 is 87.9 Å². The number of rotatable bonds is 10. The molecular formula is C26H27F5KN6O3P. The second kappa shape index (κ2) is 13.7. The van der Waals surface area contributed by atoms with E-state index in [-0.39, 0.29) is 98.5 Å².